The van der Waals surface area contributed by atoms with Gasteiger partial charge in [0.05, 0.1) is 18.9 Å². The number of nitrogens with one attached hydrogen (secondary N) is 1. The van der Waals surface area contributed by atoms with Crippen LogP contribution in [0.3, 0.4) is 0 Å². The minimum Gasteiger partial charge on any atom is -0.493 e. The molecule has 3 amide bonds. The van der Waals surface area contributed by atoms with E-state index in [-0.39, 0.29) is 23.6 Å². The molecule has 138 valence electrons. The number of imide groups is 1. The van der Waals surface area contributed by atoms with Crippen LogP contribution in [0.5, 0.6) is 11.5 Å². The number of carbonyl (C=O) groups is 3. The molecular weight excluding hydrogens is 357 g/mol. The van der Waals surface area contributed by atoms with Crippen molar-refractivity contribution in [3.8, 4) is 11.5 Å². The van der Waals surface area contributed by atoms with Crippen LogP contribution in [0.25, 0.3) is 0 Å². The highest BCUT2D eigenvalue weighted by molar-refractivity contribution is 6.02. The lowest BCUT2D eigenvalue weighted by Gasteiger charge is -2.10. The fraction of sp³-hybridized carbons (Fsp3) is 0.111. The molecule has 0 saturated carbocycles. The third-order valence-corrected chi connectivity index (χ3v) is 3.59. The first-order valence-corrected chi connectivity index (χ1v) is 7.77. The molecule has 0 spiro atoms. The number of rotatable bonds is 5. The molecule has 2 aromatic carbocycles. The molecular formula is C18H14FN3O5. The molecule has 27 heavy (non-hydrogen) atoms. The van der Waals surface area contributed by atoms with Gasteiger partial charge in [-0.2, -0.15) is 5.10 Å². The number of amides is 3. The van der Waals surface area contributed by atoms with E-state index >= 15 is 0 Å². The number of urea groups is 1. The molecule has 0 radical (unpaired) electrons. The Kier molecular flexibility index (Phi) is 5.11. The fourth-order valence-corrected chi connectivity index (χ4v) is 2.25. The Labute approximate surface area is 153 Å². The third kappa shape index (κ3) is 4.27. The van der Waals surface area contributed by atoms with E-state index in [2.05, 4.69) is 10.4 Å². The van der Waals surface area contributed by atoms with Crippen LogP contribution in [-0.4, -0.2) is 42.8 Å². The summed E-state index contributed by atoms with van der Waals surface area (Å²) in [6.07, 6.45) is 1.37. The van der Waals surface area contributed by atoms with E-state index in [1.807, 2.05) is 0 Å². The van der Waals surface area contributed by atoms with Crippen molar-refractivity contribution in [2.75, 3.05) is 13.7 Å². The zero-order chi connectivity index (χ0) is 19.4. The highest BCUT2D eigenvalue weighted by atomic mass is 19.1. The largest absolute Gasteiger partial charge is 0.493 e. The lowest BCUT2D eigenvalue weighted by atomic mass is 10.2. The van der Waals surface area contributed by atoms with Gasteiger partial charge >= 0.3 is 12.0 Å². The molecule has 8 nitrogen and oxygen atoms in total. The van der Waals surface area contributed by atoms with Gasteiger partial charge in [0, 0.05) is 0 Å². The minimum atomic E-state index is -0.665. The third-order valence-electron chi connectivity index (χ3n) is 3.59. The van der Waals surface area contributed by atoms with Gasteiger partial charge in [-0.15, -0.1) is 0 Å². The molecule has 1 N–H and O–H groups in total. The van der Waals surface area contributed by atoms with Gasteiger partial charge in [0.1, 0.15) is 12.4 Å². The summed E-state index contributed by atoms with van der Waals surface area (Å²) in [5, 5.41) is 7.01. The van der Waals surface area contributed by atoms with Crippen LogP contribution >= 0.6 is 0 Å². The standard InChI is InChI=1S/C18H14FN3O5/c1-26-15-8-11(9-20-22-10-16(23)21-18(22)25)2-7-14(15)27-17(24)12-3-5-13(19)6-4-12/h2-9H,10H2,1H3,(H,21,23,25)/b20-9-. The van der Waals surface area contributed by atoms with Crippen molar-refractivity contribution in [2.24, 2.45) is 5.10 Å². The van der Waals surface area contributed by atoms with Gasteiger partial charge in [0.15, 0.2) is 11.5 Å². The molecule has 3 rings (SSSR count). The molecule has 1 fully saturated rings. The number of hydrazone groups is 1. The number of hydrogen-bond donors (Lipinski definition) is 1. The number of benzene rings is 2. The Bertz CT molecular complexity index is 927. The summed E-state index contributed by atoms with van der Waals surface area (Å²) in [5.41, 5.74) is 0.745. The van der Waals surface area contributed by atoms with Crippen molar-refractivity contribution in [1.29, 1.82) is 0 Å². The first kappa shape index (κ1) is 18.1. The number of hydrogen-bond acceptors (Lipinski definition) is 6. The SMILES string of the molecule is COc1cc(/C=N\N2CC(=O)NC2=O)ccc1OC(=O)c1ccc(F)cc1. The lowest BCUT2D eigenvalue weighted by molar-refractivity contribution is -0.118. The number of carbonyl (C=O) groups excluding carboxylic acids is 3. The van der Waals surface area contributed by atoms with Crippen LogP contribution in [-0.2, 0) is 4.79 Å². The monoisotopic (exact) mass is 371 g/mol. The number of halogens is 1. The van der Waals surface area contributed by atoms with Gasteiger partial charge in [-0.05, 0) is 48.0 Å². The first-order chi connectivity index (χ1) is 13.0. The van der Waals surface area contributed by atoms with Gasteiger partial charge in [-0.25, -0.2) is 19.0 Å². The predicted octanol–water partition coefficient (Wildman–Crippen LogP) is 1.94. The van der Waals surface area contributed by atoms with E-state index in [1.54, 1.807) is 12.1 Å². The van der Waals surface area contributed by atoms with E-state index in [9.17, 15) is 18.8 Å². The second kappa shape index (κ2) is 7.65. The summed E-state index contributed by atoms with van der Waals surface area (Å²) in [4.78, 5) is 34.7. The van der Waals surface area contributed by atoms with Crippen molar-refractivity contribution in [2.45, 2.75) is 0 Å². The van der Waals surface area contributed by atoms with Gasteiger partial charge in [0.2, 0.25) is 5.91 Å². The van der Waals surface area contributed by atoms with E-state index in [1.165, 1.54) is 31.5 Å². The average molecular weight is 371 g/mol. The zero-order valence-electron chi connectivity index (χ0n) is 14.1. The highest BCUT2D eigenvalue weighted by Crippen LogP contribution is 2.28. The fourth-order valence-electron chi connectivity index (χ4n) is 2.25. The zero-order valence-corrected chi connectivity index (χ0v) is 14.1. The second-order valence-electron chi connectivity index (χ2n) is 5.46. The molecule has 0 bridgehead atoms. The maximum absolute atomic E-state index is 12.9. The molecule has 1 heterocycles. The lowest BCUT2D eigenvalue weighted by Crippen LogP contribution is -2.24. The van der Waals surface area contributed by atoms with Gasteiger partial charge in [0.25, 0.3) is 0 Å². The summed E-state index contributed by atoms with van der Waals surface area (Å²) in [6.45, 7) is -0.153. The second-order valence-corrected chi connectivity index (χ2v) is 5.46. The minimum absolute atomic E-state index is 0.153. The van der Waals surface area contributed by atoms with E-state index in [4.69, 9.17) is 9.47 Å². The van der Waals surface area contributed by atoms with E-state index in [0.717, 1.165) is 17.1 Å². The topological polar surface area (TPSA) is 97.3 Å². The molecule has 0 atom stereocenters. The normalized spacial score (nSPS) is 13.8. The summed E-state index contributed by atoms with van der Waals surface area (Å²) in [7, 11) is 1.40. The average Bonchev–Trinajstić information content (AvgIpc) is 2.98. The Morgan fingerprint density at radius 2 is 1.93 bits per heavy atom. The number of esters is 1. The molecule has 0 aromatic heterocycles. The summed E-state index contributed by atoms with van der Waals surface area (Å²) in [5.74, 6) is -1.13. The van der Waals surface area contributed by atoms with Crippen molar-refractivity contribution in [3.63, 3.8) is 0 Å². The smallest absolute Gasteiger partial charge is 0.344 e. The summed E-state index contributed by atoms with van der Waals surface area (Å²) >= 11 is 0. The van der Waals surface area contributed by atoms with Gasteiger partial charge in [-0.1, -0.05) is 0 Å². The van der Waals surface area contributed by atoms with Crippen LogP contribution in [0.4, 0.5) is 9.18 Å². The quantitative estimate of drug-likeness (QED) is 0.375. The van der Waals surface area contributed by atoms with Crippen LogP contribution in [0.2, 0.25) is 0 Å². The maximum Gasteiger partial charge on any atom is 0.344 e. The van der Waals surface area contributed by atoms with Gasteiger partial charge < -0.3 is 9.47 Å². The molecule has 0 unspecified atom stereocenters. The Balaban J connectivity index is 1.74. The van der Waals surface area contributed by atoms with Crippen molar-refractivity contribution in [3.05, 3.63) is 59.4 Å². The van der Waals surface area contributed by atoms with Crippen molar-refractivity contribution in [1.82, 2.24) is 10.3 Å². The molecule has 0 aliphatic carbocycles. The van der Waals surface area contributed by atoms with Crippen LogP contribution < -0.4 is 14.8 Å². The first-order valence-electron chi connectivity index (χ1n) is 7.77. The van der Waals surface area contributed by atoms with Crippen LogP contribution in [0.15, 0.2) is 47.6 Å². The van der Waals surface area contributed by atoms with Gasteiger partial charge in [-0.3, -0.25) is 10.1 Å². The van der Waals surface area contributed by atoms with Crippen LogP contribution in [0, 0.1) is 5.82 Å². The maximum atomic E-state index is 12.9. The van der Waals surface area contributed by atoms with Crippen molar-refractivity contribution < 1.29 is 28.2 Å². The molecule has 2 aromatic rings. The molecule has 1 aliphatic heterocycles. The Hall–Kier alpha value is -3.75. The van der Waals surface area contributed by atoms with Crippen LogP contribution in [0.1, 0.15) is 15.9 Å². The highest BCUT2D eigenvalue weighted by Gasteiger charge is 2.25. The summed E-state index contributed by atoms with van der Waals surface area (Å²) < 4.78 is 23.4. The van der Waals surface area contributed by atoms with Crippen molar-refractivity contribution >= 4 is 24.1 Å². The Morgan fingerprint density at radius 3 is 2.56 bits per heavy atom. The number of ether oxygens (including phenoxy) is 2. The summed E-state index contributed by atoms with van der Waals surface area (Å²) in [6, 6.07) is 8.98. The van der Waals surface area contributed by atoms with E-state index < -0.39 is 23.7 Å². The Morgan fingerprint density at radius 1 is 1.19 bits per heavy atom. The molecule has 9 heteroatoms. The molecule has 1 saturated heterocycles. The predicted molar refractivity (Wildman–Crippen MR) is 92.2 cm³/mol. The number of nitrogens with zero attached hydrogens (tertiary/aromatic N) is 2. The molecule has 1 aliphatic rings. The van der Waals surface area contributed by atoms with E-state index in [0.29, 0.717) is 5.56 Å². The number of methoxy groups -OCH3 is 1.